The van der Waals surface area contributed by atoms with E-state index in [1.165, 1.54) is 0 Å². The fraction of sp³-hybridized carbons (Fsp3) is 0.500. The summed E-state index contributed by atoms with van der Waals surface area (Å²) in [5.41, 5.74) is 2.78. The van der Waals surface area contributed by atoms with E-state index >= 15 is 0 Å². The summed E-state index contributed by atoms with van der Waals surface area (Å²) >= 11 is 0. The number of benzene rings is 1. The zero-order valence-corrected chi connectivity index (χ0v) is 13.1. The van der Waals surface area contributed by atoms with Crippen molar-refractivity contribution in [3.8, 4) is 5.75 Å². The minimum absolute atomic E-state index is 0.117. The van der Waals surface area contributed by atoms with E-state index in [2.05, 4.69) is 0 Å². The standard InChI is InChI=1S/C14H20O6S/c1-9-6-10(2)13(11(3)7-9)20-14(15)19-12-4-5-18-21(16,17)8-12/h6-7,12,16-17H,4-5,8H2,1-3H3. The molecule has 0 amide bonds. The number of ether oxygens (including phenoxy) is 2. The first-order chi connectivity index (χ1) is 9.77. The summed E-state index contributed by atoms with van der Waals surface area (Å²) in [5.74, 6) is 0.359. The average molecular weight is 316 g/mol. The van der Waals surface area contributed by atoms with Gasteiger partial charge in [0.25, 0.3) is 0 Å². The van der Waals surface area contributed by atoms with Gasteiger partial charge in [-0.15, -0.1) is 0 Å². The summed E-state index contributed by atoms with van der Waals surface area (Å²) in [5, 5.41) is 0. The molecule has 2 N–H and O–H groups in total. The Labute approximate surface area is 125 Å². The van der Waals surface area contributed by atoms with Crippen LogP contribution < -0.4 is 4.74 Å². The molecule has 1 aromatic rings. The second-order valence-electron chi connectivity index (χ2n) is 5.20. The van der Waals surface area contributed by atoms with Gasteiger partial charge in [-0.1, -0.05) is 17.7 Å². The van der Waals surface area contributed by atoms with Crippen LogP contribution in [-0.2, 0) is 8.92 Å². The predicted octanol–water partition coefficient (Wildman–Crippen LogP) is 3.58. The normalized spacial score (nSPS) is 22.4. The van der Waals surface area contributed by atoms with Gasteiger partial charge in [-0.05, 0) is 31.9 Å². The van der Waals surface area contributed by atoms with E-state index in [9.17, 15) is 13.9 Å². The largest absolute Gasteiger partial charge is 0.514 e. The molecule has 1 aliphatic rings. The molecule has 0 radical (unpaired) electrons. The summed E-state index contributed by atoms with van der Waals surface area (Å²) in [7, 11) is -3.11. The maximum absolute atomic E-state index is 11.8. The van der Waals surface area contributed by atoms with Crippen LogP contribution in [-0.4, -0.2) is 33.7 Å². The zero-order valence-electron chi connectivity index (χ0n) is 12.3. The van der Waals surface area contributed by atoms with E-state index < -0.39 is 23.1 Å². The summed E-state index contributed by atoms with van der Waals surface area (Å²) in [4.78, 5) is 11.8. The molecule has 0 bridgehead atoms. The molecule has 1 aliphatic heterocycles. The van der Waals surface area contributed by atoms with Crippen molar-refractivity contribution in [3.63, 3.8) is 0 Å². The van der Waals surface area contributed by atoms with E-state index in [0.29, 0.717) is 12.2 Å². The van der Waals surface area contributed by atoms with Crippen molar-refractivity contribution in [1.82, 2.24) is 0 Å². The third-order valence-corrected chi connectivity index (χ3v) is 4.52. The van der Waals surface area contributed by atoms with Crippen molar-refractivity contribution in [2.24, 2.45) is 0 Å². The maximum atomic E-state index is 11.8. The highest BCUT2D eigenvalue weighted by Gasteiger charge is 2.32. The smallest absolute Gasteiger partial charge is 0.429 e. The fourth-order valence-corrected chi connectivity index (χ4v) is 3.53. The SMILES string of the molecule is Cc1cc(C)c(OC(=O)OC2CCOS(O)(O)C2)c(C)c1. The van der Waals surface area contributed by atoms with Gasteiger partial charge in [-0.2, -0.15) is 0 Å². The van der Waals surface area contributed by atoms with E-state index in [-0.39, 0.29) is 12.4 Å². The van der Waals surface area contributed by atoms with E-state index in [1.807, 2.05) is 32.9 Å². The Morgan fingerprint density at radius 1 is 1.29 bits per heavy atom. The van der Waals surface area contributed by atoms with Crippen LogP contribution in [0, 0.1) is 20.8 Å². The molecule has 0 aliphatic carbocycles. The Hall–Kier alpha value is -1.28. The number of carbonyl (C=O) groups is 1. The Morgan fingerprint density at radius 2 is 1.90 bits per heavy atom. The van der Waals surface area contributed by atoms with Crippen molar-refractivity contribution in [2.45, 2.75) is 33.3 Å². The lowest BCUT2D eigenvalue weighted by atomic mass is 10.1. The molecule has 1 saturated heterocycles. The van der Waals surface area contributed by atoms with Crippen LogP contribution in [0.5, 0.6) is 5.75 Å². The van der Waals surface area contributed by atoms with Gasteiger partial charge < -0.3 is 18.6 Å². The summed E-state index contributed by atoms with van der Waals surface area (Å²) in [6.45, 7) is 5.82. The highest BCUT2D eigenvalue weighted by atomic mass is 32.3. The summed E-state index contributed by atoms with van der Waals surface area (Å²) in [6.07, 6.45) is -1.04. The van der Waals surface area contributed by atoms with E-state index in [4.69, 9.17) is 13.7 Å². The van der Waals surface area contributed by atoms with E-state index in [1.54, 1.807) is 0 Å². The second kappa shape index (κ2) is 6.23. The molecule has 1 atom stereocenters. The van der Waals surface area contributed by atoms with Crippen LogP contribution in [0.2, 0.25) is 0 Å². The van der Waals surface area contributed by atoms with Crippen LogP contribution >= 0.6 is 10.9 Å². The third-order valence-electron chi connectivity index (χ3n) is 3.17. The molecular formula is C14H20O6S. The highest BCUT2D eigenvalue weighted by Crippen LogP contribution is 2.44. The van der Waals surface area contributed by atoms with Crippen molar-refractivity contribution < 1.29 is 27.6 Å². The molecule has 1 heterocycles. The van der Waals surface area contributed by atoms with Gasteiger partial charge >= 0.3 is 6.16 Å². The summed E-state index contributed by atoms with van der Waals surface area (Å²) in [6, 6.07) is 3.83. The lowest BCUT2D eigenvalue weighted by Crippen LogP contribution is -2.33. The quantitative estimate of drug-likeness (QED) is 0.641. The first kappa shape index (κ1) is 16.1. The average Bonchev–Trinajstić information content (AvgIpc) is 2.32. The summed E-state index contributed by atoms with van der Waals surface area (Å²) < 4.78 is 34.1. The minimum Gasteiger partial charge on any atom is -0.429 e. The molecular weight excluding hydrogens is 296 g/mol. The monoisotopic (exact) mass is 316 g/mol. The topological polar surface area (TPSA) is 85.2 Å². The van der Waals surface area contributed by atoms with Crippen molar-refractivity contribution in [2.75, 3.05) is 12.4 Å². The Balaban J connectivity index is 1.99. The molecule has 1 unspecified atom stereocenters. The Bertz CT molecular complexity index is 519. The van der Waals surface area contributed by atoms with Gasteiger partial charge in [-0.25, -0.2) is 4.79 Å². The molecule has 1 fully saturated rings. The molecule has 0 aromatic heterocycles. The van der Waals surface area contributed by atoms with Crippen molar-refractivity contribution in [1.29, 1.82) is 0 Å². The first-order valence-electron chi connectivity index (χ1n) is 6.63. The number of hydrogen-bond donors (Lipinski definition) is 2. The van der Waals surface area contributed by atoms with Crippen molar-refractivity contribution in [3.05, 3.63) is 28.8 Å². The number of rotatable bonds is 2. The second-order valence-corrected chi connectivity index (χ2v) is 6.99. The van der Waals surface area contributed by atoms with Crippen LogP contribution in [0.3, 0.4) is 0 Å². The zero-order chi connectivity index (χ0) is 15.6. The number of carbonyl (C=O) groups excluding carboxylic acids is 1. The van der Waals surface area contributed by atoms with Gasteiger partial charge in [-0.3, -0.25) is 4.18 Å². The van der Waals surface area contributed by atoms with Crippen molar-refractivity contribution >= 4 is 17.0 Å². The molecule has 0 spiro atoms. The third kappa shape index (κ3) is 4.34. The predicted molar refractivity (Wildman–Crippen MR) is 79.8 cm³/mol. The van der Waals surface area contributed by atoms with Crippen LogP contribution in [0.1, 0.15) is 23.1 Å². The van der Waals surface area contributed by atoms with Crippen LogP contribution in [0.25, 0.3) is 0 Å². The van der Waals surface area contributed by atoms with Crippen LogP contribution in [0.15, 0.2) is 12.1 Å². The van der Waals surface area contributed by atoms with Gasteiger partial charge in [0.1, 0.15) is 11.9 Å². The van der Waals surface area contributed by atoms with E-state index in [0.717, 1.165) is 16.7 Å². The number of hydrogen-bond acceptors (Lipinski definition) is 6. The molecule has 7 heteroatoms. The highest BCUT2D eigenvalue weighted by molar-refractivity contribution is 8.20. The molecule has 118 valence electrons. The molecule has 6 nitrogen and oxygen atoms in total. The molecule has 0 saturated carbocycles. The van der Waals surface area contributed by atoms with Crippen LogP contribution in [0.4, 0.5) is 4.79 Å². The molecule has 2 rings (SSSR count). The molecule has 1 aromatic carbocycles. The fourth-order valence-electron chi connectivity index (χ4n) is 2.35. The van der Waals surface area contributed by atoms with Gasteiger partial charge in [0.15, 0.2) is 0 Å². The first-order valence-corrected chi connectivity index (χ1v) is 8.27. The Kier molecular flexibility index (Phi) is 4.77. The lowest BCUT2D eigenvalue weighted by Gasteiger charge is -2.34. The molecule has 21 heavy (non-hydrogen) atoms. The van der Waals surface area contributed by atoms with Gasteiger partial charge in [0.05, 0.1) is 23.2 Å². The minimum atomic E-state index is -3.11. The van der Waals surface area contributed by atoms with Gasteiger partial charge in [0.2, 0.25) is 0 Å². The number of aryl methyl sites for hydroxylation is 3. The Morgan fingerprint density at radius 3 is 2.48 bits per heavy atom. The lowest BCUT2D eigenvalue weighted by molar-refractivity contribution is 0.0463. The van der Waals surface area contributed by atoms with Gasteiger partial charge in [0, 0.05) is 6.42 Å². The maximum Gasteiger partial charge on any atom is 0.514 e.